The first kappa shape index (κ1) is 13.7. The Kier molecular flexibility index (Phi) is 3.22. The molecule has 1 atom stereocenters. The number of carbonyl (C=O) groups is 1. The summed E-state index contributed by atoms with van der Waals surface area (Å²) in [7, 11) is -3.93. The number of fused-ring (bicyclic) bond motifs is 1. The zero-order valence-electron chi connectivity index (χ0n) is 10.8. The fourth-order valence-electron chi connectivity index (χ4n) is 2.31. The van der Waals surface area contributed by atoms with Crippen molar-refractivity contribution in [1.82, 2.24) is 19.3 Å². The summed E-state index contributed by atoms with van der Waals surface area (Å²) in [6.45, 7) is -0.0521. The summed E-state index contributed by atoms with van der Waals surface area (Å²) in [5.41, 5.74) is 1.19. The molecule has 0 bridgehead atoms. The van der Waals surface area contributed by atoms with Crippen LogP contribution in [0.4, 0.5) is 0 Å². The van der Waals surface area contributed by atoms with Gasteiger partial charge in [0.2, 0.25) is 10.0 Å². The van der Waals surface area contributed by atoms with Gasteiger partial charge in [0.1, 0.15) is 10.9 Å². The Morgan fingerprint density at radius 2 is 2.29 bits per heavy atom. The van der Waals surface area contributed by atoms with Crippen molar-refractivity contribution in [1.29, 1.82) is 0 Å². The molecule has 110 valence electrons. The Bertz CT molecular complexity index is 772. The normalized spacial score (nSPS) is 19.1. The highest BCUT2D eigenvalue weighted by Crippen LogP contribution is 2.27. The van der Waals surface area contributed by atoms with E-state index in [0.717, 1.165) is 4.31 Å². The largest absolute Gasteiger partial charge is 0.480 e. The molecule has 0 saturated heterocycles. The van der Waals surface area contributed by atoms with E-state index in [0.29, 0.717) is 11.4 Å². The average molecular weight is 308 g/mol. The molecular formula is C12H12N4O4S. The van der Waals surface area contributed by atoms with E-state index in [1.807, 2.05) is 0 Å². The molecule has 0 spiro atoms. The first-order valence-corrected chi connectivity index (χ1v) is 7.60. The van der Waals surface area contributed by atoms with Crippen LogP contribution in [-0.4, -0.2) is 44.8 Å². The monoisotopic (exact) mass is 308 g/mol. The zero-order chi connectivity index (χ0) is 15.0. The number of carboxylic acids is 1. The van der Waals surface area contributed by atoms with Crippen molar-refractivity contribution in [3.8, 4) is 0 Å². The number of imidazole rings is 1. The van der Waals surface area contributed by atoms with Gasteiger partial charge in [-0.15, -0.1) is 0 Å². The minimum absolute atomic E-state index is 0.0285. The van der Waals surface area contributed by atoms with Gasteiger partial charge in [0.15, 0.2) is 0 Å². The van der Waals surface area contributed by atoms with Crippen LogP contribution in [0.3, 0.4) is 0 Å². The Morgan fingerprint density at radius 1 is 1.48 bits per heavy atom. The van der Waals surface area contributed by atoms with Crippen molar-refractivity contribution >= 4 is 16.0 Å². The van der Waals surface area contributed by atoms with E-state index in [-0.39, 0.29) is 17.9 Å². The number of aliphatic carboxylic acids is 1. The van der Waals surface area contributed by atoms with E-state index in [2.05, 4.69) is 15.0 Å². The summed E-state index contributed by atoms with van der Waals surface area (Å²) >= 11 is 0. The Hall–Kier alpha value is -2.26. The molecule has 3 rings (SSSR count). The molecule has 2 aromatic rings. The summed E-state index contributed by atoms with van der Waals surface area (Å²) < 4.78 is 26.2. The van der Waals surface area contributed by atoms with Crippen LogP contribution in [0, 0.1) is 0 Å². The van der Waals surface area contributed by atoms with Crippen LogP contribution in [0.25, 0.3) is 0 Å². The van der Waals surface area contributed by atoms with Crippen molar-refractivity contribution in [3.63, 3.8) is 0 Å². The van der Waals surface area contributed by atoms with E-state index in [1.165, 1.54) is 30.9 Å². The summed E-state index contributed by atoms with van der Waals surface area (Å²) in [5, 5.41) is 9.32. The van der Waals surface area contributed by atoms with E-state index < -0.39 is 22.0 Å². The maximum atomic E-state index is 12.6. The van der Waals surface area contributed by atoms with Gasteiger partial charge in [-0.25, -0.2) is 13.4 Å². The van der Waals surface area contributed by atoms with Crippen LogP contribution < -0.4 is 0 Å². The number of nitrogens with one attached hydrogen (secondary N) is 1. The number of pyridine rings is 1. The van der Waals surface area contributed by atoms with Gasteiger partial charge < -0.3 is 10.1 Å². The van der Waals surface area contributed by atoms with Gasteiger partial charge in [-0.2, -0.15) is 4.31 Å². The zero-order valence-corrected chi connectivity index (χ0v) is 11.6. The second-order valence-corrected chi connectivity index (χ2v) is 6.52. The van der Waals surface area contributed by atoms with Crippen LogP contribution in [-0.2, 0) is 27.8 Å². The van der Waals surface area contributed by atoms with Crippen LogP contribution in [0.5, 0.6) is 0 Å². The van der Waals surface area contributed by atoms with Gasteiger partial charge >= 0.3 is 5.97 Å². The first-order valence-electron chi connectivity index (χ1n) is 6.16. The third-order valence-corrected chi connectivity index (χ3v) is 5.22. The lowest BCUT2D eigenvalue weighted by Crippen LogP contribution is -2.48. The van der Waals surface area contributed by atoms with E-state index in [1.54, 1.807) is 0 Å². The predicted molar refractivity (Wildman–Crippen MR) is 70.7 cm³/mol. The smallest absolute Gasteiger partial charge is 0.322 e. The highest BCUT2D eigenvalue weighted by atomic mass is 32.2. The predicted octanol–water partition coefficient (Wildman–Crippen LogP) is 0.00490. The number of H-pyrrole nitrogens is 1. The summed E-state index contributed by atoms with van der Waals surface area (Å²) in [6.07, 6.45) is 4.13. The number of aromatic amines is 1. The molecule has 21 heavy (non-hydrogen) atoms. The Morgan fingerprint density at radius 3 is 2.95 bits per heavy atom. The lowest BCUT2D eigenvalue weighted by atomic mass is 10.1. The van der Waals surface area contributed by atoms with Gasteiger partial charge in [-0.3, -0.25) is 9.78 Å². The highest BCUT2D eigenvalue weighted by Gasteiger charge is 2.40. The molecule has 1 aliphatic heterocycles. The average Bonchev–Trinajstić information content (AvgIpc) is 2.94. The molecule has 0 aromatic carbocycles. The summed E-state index contributed by atoms with van der Waals surface area (Å²) in [4.78, 5) is 22.0. The second-order valence-electron chi connectivity index (χ2n) is 4.62. The van der Waals surface area contributed by atoms with E-state index >= 15 is 0 Å². The lowest BCUT2D eigenvalue weighted by molar-refractivity contribution is -0.141. The van der Waals surface area contributed by atoms with Crippen LogP contribution >= 0.6 is 0 Å². The van der Waals surface area contributed by atoms with Crippen LogP contribution in [0.1, 0.15) is 11.4 Å². The number of nitrogens with zero attached hydrogens (tertiary/aromatic N) is 3. The van der Waals surface area contributed by atoms with E-state index in [4.69, 9.17) is 0 Å². The number of carboxylic acid groups (broad SMARTS) is 1. The molecule has 9 heteroatoms. The van der Waals surface area contributed by atoms with Gasteiger partial charge in [0, 0.05) is 18.8 Å². The third kappa shape index (κ3) is 2.30. The number of hydrogen-bond acceptors (Lipinski definition) is 5. The van der Waals surface area contributed by atoms with Gasteiger partial charge in [-0.1, -0.05) is 0 Å². The molecular weight excluding hydrogens is 296 g/mol. The molecule has 2 aromatic heterocycles. The van der Waals surface area contributed by atoms with Crippen molar-refractivity contribution < 1.29 is 18.3 Å². The topological polar surface area (TPSA) is 116 Å². The molecule has 0 amide bonds. The summed E-state index contributed by atoms with van der Waals surface area (Å²) in [5.74, 6) is -1.20. The fourth-order valence-corrected chi connectivity index (χ4v) is 3.83. The number of hydrogen-bond donors (Lipinski definition) is 2. The van der Waals surface area contributed by atoms with Crippen LogP contribution in [0.15, 0.2) is 35.7 Å². The minimum Gasteiger partial charge on any atom is -0.480 e. The van der Waals surface area contributed by atoms with Gasteiger partial charge in [-0.05, 0) is 12.1 Å². The quantitative estimate of drug-likeness (QED) is 0.824. The maximum absolute atomic E-state index is 12.6. The molecule has 0 saturated carbocycles. The van der Waals surface area contributed by atoms with E-state index in [9.17, 15) is 18.3 Å². The van der Waals surface area contributed by atoms with Crippen molar-refractivity contribution in [2.75, 3.05) is 0 Å². The maximum Gasteiger partial charge on any atom is 0.322 e. The first-order chi connectivity index (χ1) is 10.00. The fraction of sp³-hybridized carbons (Fsp3) is 0.250. The molecule has 2 N–H and O–H groups in total. The molecule has 8 nitrogen and oxygen atoms in total. The molecule has 0 radical (unpaired) electrons. The Balaban J connectivity index is 2.05. The molecule has 0 fully saturated rings. The number of aromatic nitrogens is 3. The van der Waals surface area contributed by atoms with Crippen LogP contribution in [0.2, 0.25) is 0 Å². The number of sulfonamides is 1. The lowest BCUT2D eigenvalue weighted by Gasteiger charge is -2.31. The van der Waals surface area contributed by atoms with Crippen molar-refractivity contribution in [2.24, 2.45) is 0 Å². The highest BCUT2D eigenvalue weighted by molar-refractivity contribution is 7.89. The van der Waals surface area contributed by atoms with Crippen molar-refractivity contribution in [2.45, 2.75) is 23.9 Å². The second kappa shape index (κ2) is 4.93. The summed E-state index contributed by atoms with van der Waals surface area (Å²) in [6, 6.07) is 1.71. The van der Waals surface area contributed by atoms with Gasteiger partial charge in [0.05, 0.1) is 24.3 Å². The molecule has 0 aliphatic carbocycles. The van der Waals surface area contributed by atoms with Gasteiger partial charge in [0.25, 0.3) is 0 Å². The third-order valence-electron chi connectivity index (χ3n) is 3.38. The minimum atomic E-state index is -3.93. The molecule has 1 unspecified atom stereocenters. The standard InChI is InChI=1S/C12H12N4O4S/c17-12(18)11-4-9-10(15-7-14-9)6-16(11)21(19,20)8-2-1-3-13-5-8/h1-3,5,7,11H,4,6H2,(H,14,15)(H,17,18). The van der Waals surface area contributed by atoms with Crippen molar-refractivity contribution in [3.05, 3.63) is 42.2 Å². The molecule has 3 heterocycles. The number of rotatable bonds is 3. The Labute approximate surface area is 120 Å². The molecule has 1 aliphatic rings. The SMILES string of the molecule is O=C(O)C1Cc2nc[nH]c2CN1S(=O)(=O)c1cccnc1.